The fourth-order valence-electron chi connectivity index (χ4n) is 2.35. The van der Waals surface area contributed by atoms with E-state index in [0.717, 1.165) is 12.3 Å². The summed E-state index contributed by atoms with van der Waals surface area (Å²) in [5, 5.41) is -0.281. The lowest BCUT2D eigenvalue weighted by Crippen LogP contribution is -2.18. The van der Waals surface area contributed by atoms with Crippen molar-refractivity contribution >= 4 is 16.9 Å². The van der Waals surface area contributed by atoms with Gasteiger partial charge < -0.3 is 9.72 Å². The number of hydrogen-bond acceptors (Lipinski definition) is 5. The van der Waals surface area contributed by atoms with Crippen LogP contribution in [-0.4, -0.2) is 27.5 Å². The van der Waals surface area contributed by atoms with E-state index in [-0.39, 0.29) is 34.2 Å². The molecule has 8 heteroatoms. The first-order chi connectivity index (χ1) is 11.5. The number of fused-ring (bicyclic) bond motifs is 1. The monoisotopic (exact) mass is 331 g/mol. The van der Waals surface area contributed by atoms with Crippen LogP contribution in [0.25, 0.3) is 22.0 Å². The zero-order chi connectivity index (χ0) is 17.3. The molecule has 0 spiro atoms. The molecule has 0 bridgehead atoms. The molecule has 2 aromatic heterocycles. The van der Waals surface area contributed by atoms with E-state index >= 15 is 0 Å². The number of pyridine rings is 1. The number of carbonyl (C=O) groups excluding carboxylic acids is 1. The molecule has 24 heavy (non-hydrogen) atoms. The Kier molecular flexibility index (Phi) is 4.03. The molecule has 0 unspecified atom stereocenters. The van der Waals surface area contributed by atoms with Gasteiger partial charge in [0.05, 0.1) is 23.1 Å². The van der Waals surface area contributed by atoms with Crippen LogP contribution in [0.2, 0.25) is 0 Å². The molecule has 122 valence electrons. The Morgan fingerprint density at radius 1 is 1.29 bits per heavy atom. The number of hydrogen-bond donors (Lipinski definition) is 1. The lowest BCUT2D eigenvalue weighted by atomic mass is 10.0. The third-order valence-electron chi connectivity index (χ3n) is 3.41. The molecule has 0 aliphatic rings. The number of H-pyrrole nitrogens is 1. The smallest absolute Gasteiger partial charge is 0.343 e. The molecule has 0 saturated carbocycles. The van der Waals surface area contributed by atoms with Crippen molar-refractivity contribution in [2.75, 3.05) is 6.61 Å². The van der Waals surface area contributed by atoms with Gasteiger partial charge in [-0.3, -0.25) is 4.79 Å². The highest BCUT2D eigenvalue weighted by atomic mass is 19.1. The van der Waals surface area contributed by atoms with Crippen LogP contribution in [0.3, 0.4) is 0 Å². The summed E-state index contributed by atoms with van der Waals surface area (Å²) in [5.41, 5.74) is -1.57. The summed E-state index contributed by atoms with van der Waals surface area (Å²) in [6.45, 7) is 1.66. The average molecular weight is 331 g/mol. The van der Waals surface area contributed by atoms with E-state index in [2.05, 4.69) is 15.0 Å². The van der Waals surface area contributed by atoms with Crippen LogP contribution in [0.1, 0.15) is 17.3 Å². The molecule has 0 fully saturated rings. The summed E-state index contributed by atoms with van der Waals surface area (Å²) in [7, 11) is 0. The number of ether oxygens (including phenoxy) is 1. The SMILES string of the molecule is CCOC(=O)c1c[nH]c2c(F)c(-c3cncnc3)c(F)cc2c1=O. The van der Waals surface area contributed by atoms with Crippen molar-refractivity contribution in [2.24, 2.45) is 0 Å². The van der Waals surface area contributed by atoms with Crippen LogP contribution >= 0.6 is 0 Å². The molecule has 2 heterocycles. The molecule has 0 amide bonds. The van der Waals surface area contributed by atoms with E-state index in [4.69, 9.17) is 4.74 Å². The van der Waals surface area contributed by atoms with E-state index in [1.54, 1.807) is 6.92 Å². The largest absolute Gasteiger partial charge is 0.462 e. The van der Waals surface area contributed by atoms with Gasteiger partial charge in [-0.05, 0) is 13.0 Å². The quantitative estimate of drug-likeness (QED) is 0.745. The minimum atomic E-state index is -0.965. The number of aromatic nitrogens is 3. The topological polar surface area (TPSA) is 84.9 Å². The standard InChI is InChI=1S/C16H11F2N3O3/c1-2-24-16(23)10-6-21-14-9(15(10)22)3-11(17)12(13(14)18)8-4-19-7-20-5-8/h3-7H,2H2,1H3,(H,21,22). The van der Waals surface area contributed by atoms with Gasteiger partial charge in [-0.1, -0.05) is 0 Å². The molecule has 1 aromatic carbocycles. The summed E-state index contributed by atoms with van der Waals surface area (Å²) >= 11 is 0. The number of carbonyl (C=O) groups is 1. The molecule has 0 aliphatic carbocycles. The number of nitrogens with one attached hydrogen (secondary N) is 1. The average Bonchev–Trinajstić information content (AvgIpc) is 2.57. The van der Waals surface area contributed by atoms with E-state index < -0.39 is 23.0 Å². The highest BCUT2D eigenvalue weighted by Gasteiger charge is 2.21. The molecule has 0 atom stereocenters. The maximum absolute atomic E-state index is 14.7. The summed E-state index contributed by atoms with van der Waals surface area (Å²) in [6.07, 6.45) is 4.79. The van der Waals surface area contributed by atoms with Crippen molar-refractivity contribution in [1.82, 2.24) is 15.0 Å². The molecule has 0 radical (unpaired) electrons. The Morgan fingerprint density at radius 2 is 2.00 bits per heavy atom. The molecule has 3 rings (SSSR count). The number of nitrogens with zero attached hydrogens (tertiary/aromatic N) is 2. The minimum Gasteiger partial charge on any atom is -0.462 e. The first kappa shape index (κ1) is 15.7. The van der Waals surface area contributed by atoms with Gasteiger partial charge in [0.1, 0.15) is 17.7 Å². The zero-order valence-corrected chi connectivity index (χ0v) is 12.5. The first-order valence-electron chi connectivity index (χ1n) is 7.00. The molecular weight excluding hydrogens is 320 g/mol. The number of halogens is 2. The van der Waals surface area contributed by atoms with Crippen molar-refractivity contribution in [3.05, 3.63) is 58.4 Å². The zero-order valence-electron chi connectivity index (χ0n) is 12.5. The van der Waals surface area contributed by atoms with Gasteiger partial charge in [-0.15, -0.1) is 0 Å². The Balaban J connectivity index is 2.27. The second-order valence-corrected chi connectivity index (χ2v) is 4.85. The Hall–Kier alpha value is -3.16. The van der Waals surface area contributed by atoms with Crippen molar-refractivity contribution < 1.29 is 18.3 Å². The fraction of sp³-hybridized carbons (Fsp3) is 0.125. The van der Waals surface area contributed by atoms with Gasteiger partial charge in [0.25, 0.3) is 0 Å². The number of benzene rings is 1. The van der Waals surface area contributed by atoms with Crippen molar-refractivity contribution in [3.8, 4) is 11.1 Å². The summed E-state index contributed by atoms with van der Waals surface area (Å²) in [4.78, 5) is 34.0. The van der Waals surface area contributed by atoms with Crippen molar-refractivity contribution in [1.29, 1.82) is 0 Å². The van der Waals surface area contributed by atoms with E-state index in [1.165, 1.54) is 18.7 Å². The van der Waals surface area contributed by atoms with Crippen LogP contribution in [0.15, 0.2) is 35.8 Å². The summed E-state index contributed by atoms with van der Waals surface area (Å²) in [5.74, 6) is -2.78. The van der Waals surface area contributed by atoms with Gasteiger partial charge in [-0.2, -0.15) is 0 Å². The highest BCUT2D eigenvalue weighted by molar-refractivity contribution is 5.94. The van der Waals surface area contributed by atoms with Crippen LogP contribution in [0.4, 0.5) is 8.78 Å². The molecular formula is C16H11F2N3O3. The molecule has 0 aliphatic heterocycles. The van der Waals surface area contributed by atoms with Gasteiger partial charge >= 0.3 is 5.97 Å². The molecule has 0 saturated heterocycles. The van der Waals surface area contributed by atoms with Gasteiger partial charge in [0.2, 0.25) is 5.43 Å². The van der Waals surface area contributed by atoms with E-state index in [9.17, 15) is 18.4 Å². The minimum absolute atomic E-state index is 0.0754. The number of aromatic amines is 1. The van der Waals surface area contributed by atoms with Crippen LogP contribution < -0.4 is 5.43 Å². The third kappa shape index (κ3) is 2.51. The lowest BCUT2D eigenvalue weighted by Gasteiger charge is -2.09. The Bertz CT molecular complexity index is 987. The second kappa shape index (κ2) is 6.15. The molecule has 6 nitrogen and oxygen atoms in total. The van der Waals surface area contributed by atoms with Crippen LogP contribution in [0, 0.1) is 11.6 Å². The first-order valence-corrected chi connectivity index (χ1v) is 7.00. The van der Waals surface area contributed by atoms with E-state index in [0.29, 0.717) is 0 Å². The van der Waals surface area contributed by atoms with Crippen molar-refractivity contribution in [3.63, 3.8) is 0 Å². The Morgan fingerprint density at radius 3 is 2.67 bits per heavy atom. The molecule has 3 aromatic rings. The summed E-state index contributed by atoms with van der Waals surface area (Å²) in [6, 6.07) is 0.877. The van der Waals surface area contributed by atoms with Gasteiger partial charge in [-0.25, -0.2) is 23.5 Å². The van der Waals surface area contributed by atoms with Gasteiger partial charge in [0, 0.05) is 24.2 Å². The second-order valence-electron chi connectivity index (χ2n) is 4.85. The van der Waals surface area contributed by atoms with Crippen molar-refractivity contribution in [2.45, 2.75) is 6.92 Å². The fourth-order valence-corrected chi connectivity index (χ4v) is 2.35. The predicted molar refractivity (Wildman–Crippen MR) is 81.5 cm³/mol. The van der Waals surface area contributed by atoms with Crippen LogP contribution in [0.5, 0.6) is 0 Å². The lowest BCUT2D eigenvalue weighted by molar-refractivity contribution is 0.0524. The summed E-state index contributed by atoms with van der Waals surface area (Å²) < 4.78 is 33.8. The van der Waals surface area contributed by atoms with Crippen LogP contribution in [-0.2, 0) is 4.74 Å². The maximum Gasteiger partial charge on any atom is 0.343 e. The Labute approximate surface area is 134 Å². The third-order valence-corrected chi connectivity index (χ3v) is 3.41. The highest BCUT2D eigenvalue weighted by Crippen LogP contribution is 2.29. The van der Waals surface area contributed by atoms with E-state index in [1.807, 2.05) is 0 Å². The number of rotatable bonds is 3. The normalized spacial score (nSPS) is 10.8. The van der Waals surface area contributed by atoms with Gasteiger partial charge in [0.15, 0.2) is 5.82 Å². The maximum atomic E-state index is 14.7. The predicted octanol–water partition coefficient (Wildman–Crippen LogP) is 2.44. The number of esters is 1. The molecule has 1 N–H and O–H groups in total.